The van der Waals surface area contributed by atoms with Crippen molar-refractivity contribution in [2.24, 2.45) is 0 Å². The minimum absolute atomic E-state index is 0.00905. The van der Waals surface area contributed by atoms with E-state index in [0.29, 0.717) is 11.1 Å². The van der Waals surface area contributed by atoms with Crippen molar-refractivity contribution in [2.45, 2.75) is 37.6 Å². The van der Waals surface area contributed by atoms with Gasteiger partial charge in [-0.05, 0) is 78.7 Å². The van der Waals surface area contributed by atoms with Crippen LogP contribution in [0, 0.1) is 0 Å². The van der Waals surface area contributed by atoms with Crippen LogP contribution in [0.3, 0.4) is 0 Å². The lowest BCUT2D eigenvalue weighted by Gasteiger charge is -2.41. The molecule has 0 unspecified atom stereocenters. The van der Waals surface area contributed by atoms with Crippen LogP contribution in [0.4, 0.5) is 0 Å². The number of aromatic hydroxyl groups is 5. The predicted octanol–water partition coefficient (Wildman–Crippen LogP) is 4.72. The van der Waals surface area contributed by atoms with Gasteiger partial charge in [-0.1, -0.05) is 24.3 Å². The van der Waals surface area contributed by atoms with Crippen LogP contribution in [0.1, 0.15) is 18.1 Å². The topological polar surface area (TPSA) is 223 Å². The molecule has 0 radical (unpaired) electrons. The lowest BCUT2D eigenvalue weighted by Crippen LogP contribution is -2.61. The van der Waals surface area contributed by atoms with Gasteiger partial charge < -0.3 is 54.0 Å². The van der Waals surface area contributed by atoms with Crippen LogP contribution in [-0.4, -0.2) is 73.3 Å². The largest absolute Gasteiger partial charge is 0.508 e. The molecule has 0 spiro atoms. The molecular formula is C39H32O14. The van der Waals surface area contributed by atoms with E-state index in [1.807, 2.05) is 0 Å². The predicted molar refractivity (Wildman–Crippen MR) is 188 cm³/mol. The minimum Gasteiger partial charge on any atom is -0.508 e. The zero-order valence-corrected chi connectivity index (χ0v) is 27.7. The third kappa shape index (κ3) is 8.25. The highest BCUT2D eigenvalue weighted by Crippen LogP contribution is 2.38. The number of ether oxygens (including phenoxy) is 4. The molecule has 14 heteroatoms. The van der Waals surface area contributed by atoms with Crippen molar-refractivity contribution in [3.05, 3.63) is 118 Å². The maximum Gasteiger partial charge on any atom is 0.331 e. The van der Waals surface area contributed by atoms with Gasteiger partial charge in [0, 0.05) is 29.8 Å². The van der Waals surface area contributed by atoms with Crippen molar-refractivity contribution in [3.8, 4) is 45.8 Å². The molecule has 0 bridgehead atoms. The van der Waals surface area contributed by atoms with E-state index < -0.39 is 65.3 Å². The molecule has 6 N–H and O–H groups in total. The van der Waals surface area contributed by atoms with E-state index in [2.05, 4.69) is 0 Å². The fraction of sp³-hybridized carbons (Fsp3) is 0.154. The van der Waals surface area contributed by atoms with Gasteiger partial charge in [-0.2, -0.15) is 0 Å². The van der Waals surface area contributed by atoms with E-state index in [4.69, 9.17) is 23.4 Å². The Morgan fingerprint density at radius 1 is 0.698 bits per heavy atom. The zero-order chi connectivity index (χ0) is 37.8. The van der Waals surface area contributed by atoms with Gasteiger partial charge in [-0.25, -0.2) is 9.59 Å². The normalized spacial score (nSPS) is 20.1. The second-order valence-corrected chi connectivity index (χ2v) is 11.9. The molecule has 6 rings (SSSR count). The number of carbonyl (C=O) groups excluding carboxylic acids is 2. The smallest absolute Gasteiger partial charge is 0.331 e. The van der Waals surface area contributed by atoms with Gasteiger partial charge in [0.25, 0.3) is 0 Å². The van der Waals surface area contributed by atoms with Gasteiger partial charge in [-0.15, -0.1) is 0 Å². The average Bonchev–Trinajstić information content (AvgIpc) is 3.12. The second-order valence-electron chi connectivity index (χ2n) is 11.9. The molecule has 53 heavy (non-hydrogen) atoms. The number of phenolic OH excluding ortho intramolecular Hbond substituents is 5. The van der Waals surface area contributed by atoms with Crippen molar-refractivity contribution < 1.29 is 63.6 Å². The molecule has 5 atom stereocenters. The number of esters is 2. The number of hydrogen-bond acceptors (Lipinski definition) is 14. The third-order valence-electron chi connectivity index (χ3n) is 8.15. The van der Waals surface area contributed by atoms with E-state index in [9.17, 15) is 45.0 Å². The first kappa shape index (κ1) is 36.0. The van der Waals surface area contributed by atoms with Crippen LogP contribution >= 0.6 is 0 Å². The van der Waals surface area contributed by atoms with Crippen molar-refractivity contribution in [3.63, 3.8) is 0 Å². The lowest BCUT2D eigenvalue weighted by atomic mass is 9.99. The van der Waals surface area contributed by atoms with Gasteiger partial charge in [0.05, 0.1) is 6.10 Å². The van der Waals surface area contributed by atoms with Crippen LogP contribution in [0.15, 0.2) is 106 Å². The molecule has 1 saturated heterocycles. The van der Waals surface area contributed by atoms with Crippen molar-refractivity contribution in [1.82, 2.24) is 0 Å². The van der Waals surface area contributed by atoms with E-state index in [1.54, 1.807) is 12.1 Å². The summed E-state index contributed by atoms with van der Waals surface area (Å²) in [6.45, 7) is 1.45. The summed E-state index contributed by atoms with van der Waals surface area (Å²) in [5.41, 5.74) is 0.154. The Kier molecular flexibility index (Phi) is 10.4. The summed E-state index contributed by atoms with van der Waals surface area (Å²) in [6.07, 6.45) is -2.93. The first-order valence-corrected chi connectivity index (χ1v) is 16.0. The highest BCUT2D eigenvalue weighted by molar-refractivity contribution is 5.89. The summed E-state index contributed by atoms with van der Waals surface area (Å²) in [5.74, 6) is -3.77. The molecule has 4 aromatic carbocycles. The second kappa shape index (κ2) is 15.2. The molecule has 272 valence electrons. The molecule has 1 fully saturated rings. The molecule has 0 aliphatic carbocycles. The van der Waals surface area contributed by atoms with Crippen LogP contribution in [0.5, 0.6) is 34.5 Å². The number of aliphatic hydroxyl groups is 1. The Morgan fingerprint density at radius 2 is 1.21 bits per heavy atom. The van der Waals surface area contributed by atoms with Crippen LogP contribution in [0.2, 0.25) is 0 Å². The molecule has 1 aliphatic heterocycles. The Bertz CT molecular complexity index is 2240. The molecule has 1 aliphatic rings. The fourth-order valence-corrected chi connectivity index (χ4v) is 5.52. The lowest BCUT2D eigenvalue weighted by molar-refractivity contribution is -0.275. The first-order chi connectivity index (χ1) is 25.4. The number of hydrogen-bond donors (Lipinski definition) is 6. The SMILES string of the molecule is C[C@@H]1O[C@@H](Oc2c(-c3ccc(O)cc3)oc3cc(O)cc(O)c3c2=O)[C@H](OC(=O)/C=C\c2ccc(O)cc2)[C@H](O)[C@H]1OC(=O)/C=C\c1ccc(O)cc1. The monoisotopic (exact) mass is 724 g/mol. The Hall–Kier alpha value is -6.77. The summed E-state index contributed by atoms with van der Waals surface area (Å²) >= 11 is 0. The van der Waals surface area contributed by atoms with Gasteiger partial charge in [0.15, 0.2) is 18.0 Å². The maximum atomic E-state index is 14.0. The van der Waals surface area contributed by atoms with Crippen molar-refractivity contribution in [2.75, 3.05) is 0 Å². The van der Waals surface area contributed by atoms with Crippen molar-refractivity contribution in [1.29, 1.82) is 0 Å². The number of fused-ring (bicyclic) bond motifs is 1. The van der Waals surface area contributed by atoms with Gasteiger partial charge in [0.1, 0.15) is 45.8 Å². The first-order valence-electron chi connectivity index (χ1n) is 16.0. The van der Waals surface area contributed by atoms with Crippen LogP contribution < -0.4 is 10.2 Å². The van der Waals surface area contributed by atoms with E-state index >= 15 is 0 Å². The van der Waals surface area contributed by atoms with Gasteiger partial charge in [-0.3, -0.25) is 4.79 Å². The fourth-order valence-electron chi connectivity index (χ4n) is 5.52. The number of carbonyl (C=O) groups is 2. The van der Waals surface area contributed by atoms with Crippen LogP contribution in [0.25, 0.3) is 34.4 Å². The summed E-state index contributed by atoms with van der Waals surface area (Å²) in [4.78, 5) is 40.0. The van der Waals surface area contributed by atoms with Gasteiger partial charge >= 0.3 is 11.9 Å². The Morgan fingerprint density at radius 3 is 1.75 bits per heavy atom. The number of rotatable bonds is 9. The number of benzene rings is 4. The number of phenols is 5. The van der Waals surface area contributed by atoms with Crippen LogP contribution in [-0.2, 0) is 23.8 Å². The minimum atomic E-state index is -1.80. The molecule has 14 nitrogen and oxygen atoms in total. The molecule has 0 saturated carbocycles. The van der Waals surface area contributed by atoms with E-state index in [-0.39, 0.29) is 39.5 Å². The summed E-state index contributed by atoms with van der Waals surface area (Å²) in [7, 11) is 0. The molecule has 1 aromatic heterocycles. The maximum absolute atomic E-state index is 14.0. The standard InChI is InChI=1S/C39H32O14/c1-20-35(51-30(45)16-6-21-2-10-24(40)11-3-21)34(48)38(52-31(46)17-7-22-4-12-25(41)13-5-22)39(49-20)53-37-33(47)32-28(44)18-27(43)19-29(32)50-36(37)23-8-14-26(42)15-9-23/h2-20,34-35,38-44,48H,1H3/b16-6-,17-7-/t20-,34+,35-,38+,39-/m0/s1. The molecular weight excluding hydrogens is 692 g/mol. The Balaban J connectivity index is 1.35. The van der Waals surface area contributed by atoms with E-state index in [1.165, 1.54) is 79.7 Å². The molecule has 2 heterocycles. The highest BCUT2D eigenvalue weighted by Gasteiger charge is 2.49. The van der Waals surface area contributed by atoms with E-state index in [0.717, 1.165) is 24.3 Å². The van der Waals surface area contributed by atoms with Crippen molar-refractivity contribution >= 4 is 35.1 Å². The summed E-state index contributed by atoms with van der Waals surface area (Å²) in [6, 6.07) is 19.3. The summed E-state index contributed by atoms with van der Waals surface area (Å²) < 4.78 is 29.1. The average molecular weight is 725 g/mol. The highest BCUT2D eigenvalue weighted by atomic mass is 16.7. The molecule has 5 aromatic rings. The molecule has 0 amide bonds. The van der Waals surface area contributed by atoms with Gasteiger partial charge in [0.2, 0.25) is 17.5 Å². The Labute approximate surface area is 300 Å². The zero-order valence-electron chi connectivity index (χ0n) is 27.7. The summed E-state index contributed by atoms with van der Waals surface area (Å²) in [5, 5.41) is 60.8. The number of aliphatic hydroxyl groups excluding tert-OH is 1. The quantitative estimate of drug-likeness (QED) is 0.0894. The third-order valence-corrected chi connectivity index (χ3v) is 8.15.